The molecule has 0 saturated carbocycles. The first-order valence-corrected chi connectivity index (χ1v) is 17.1. The second kappa shape index (κ2) is 15.0. The number of benzene rings is 3. The molecule has 2 aliphatic heterocycles. The third kappa shape index (κ3) is 7.79. The van der Waals surface area contributed by atoms with E-state index in [-0.39, 0.29) is 21.8 Å². The lowest BCUT2D eigenvalue weighted by molar-refractivity contribution is -0.142. The van der Waals surface area contributed by atoms with E-state index < -0.39 is 35.2 Å². The minimum absolute atomic E-state index is 0.0156. The fraction of sp³-hybridized carbons (Fsp3) is 0.351. The van der Waals surface area contributed by atoms with Crippen LogP contribution in [0.2, 0.25) is 5.02 Å². The average molecular weight is 716 g/mol. The van der Waals surface area contributed by atoms with Crippen LogP contribution < -0.4 is 10.1 Å². The number of likely N-dealkylation sites (tertiary alicyclic amines) is 1. The topological polar surface area (TPSA) is 143 Å². The maximum atomic E-state index is 15.4. The standard InChI is InChI=1S/C37H39ClFN7O5/c1-37(2)21-28-26(5-4-6-31(28)51-20-17-23-15-18-44(3)19-16-23)34(35(48)41-25-9-7-24(8-10-25)36(49)50)46(37)32(47)14-11-27-30(45-22-40-42-43-45)13-12-29(38)33(27)39/h4-14,22-23,34H,15-21H2,1-3H3,(H,41,48)(H,49,50). The van der Waals surface area contributed by atoms with Crippen molar-refractivity contribution in [2.24, 2.45) is 5.92 Å². The number of aromatic carboxylic acids is 1. The lowest BCUT2D eigenvalue weighted by Crippen LogP contribution is -2.56. The highest BCUT2D eigenvalue weighted by Gasteiger charge is 2.46. The van der Waals surface area contributed by atoms with Crippen molar-refractivity contribution in [3.05, 3.63) is 100 Å². The third-order valence-corrected chi connectivity index (χ3v) is 9.88. The number of piperidine rings is 1. The van der Waals surface area contributed by atoms with Crippen molar-refractivity contribution in [1.82, 2.24) is 30.0 Å². The van der Waals surface area contributed by atoms with Crippen LogP contribution in [0.1, 0.15) is 66.2 Å². The Balaban J connectivity index is 1.34. The zero-order chi connectivity index (χ0) is 36.3. The van der Waals surface area contributed by atoms with E-state index in [0.29, 0.717) is 35.9 Å². The summed E-state index contributed by atoms with van der Waals surface area (Å²) in [5.74, 6) is -1.69. The van der Waals surface area contributed by atoms with Crippen molar-refractivity contribution in [2.75, 3.05) is 32.1 Å². The number of hydrogen-bond donors (Lipinski definition) is 2. The van der Waals surface area contributed by atoms with Crippen molar-refractivity contribution < 1.29 is 28.6 Å². The van der Waals surface area contributed by atoms with Crippen LogP contribution in [0, 0.1) is 11.7 Å². The van der Waals surface area contributed by atoms with E-state index in [1.165, 1.54) is 64.5 Å². The first kappa shape index (κ1) is 35.7. The number of amides is 2. The summed E-state index contributed by atoms with van der Waals surface area (Å²) in [6.07, 6.45) is 7.34. The molecule has 3 heterocycles. The summed E-state index contributed by atoms with van der Waals surface area (Å²) < 4.78 is 23.0. The number of halogens is 2. The van der Waals surface area contributed by atoms with Crippen LogP contribution in [0.3, 0.4) is 0 Å². The summed E-state index contributed by atoms with van der Waals surface area (Å²) in [4.78, 5) is 43.8. The summed E-state index contributed by atoms with van der Waals surface area (Å²) in [7, 11) is 2.13. The van der Waals surface area contributed by atoms with E-state index in [1.54, 1.807) is 0 Å². The highest BCUT2D eigenvalue weighted by molar-refractivity contribution is 6.31. The number of rotatable bonds is 10. The molecule has 2 aliphatic rings. The molecule has 3 aromatic carbocycles. The first-order valence-electron chi connectivity index (χ1n) is 16.7. The van der Waals surface area contributed by atoms with Gasteiger partial charge in [-0.05, 0) is 130 Å². The van der Waals surface area contributed by atoms with Crippen molar-refractivity contribution in [3.8, 4) is 11.4 Å². The Labute approximate surface area is 299 Å². The molecular formula is C37H39ClFN7O5. The van der Waals surface area contributed by atoms with Gasteiger partial charge in [-0.2, -0.15) is 4.68 Å². The second-order valence-corrected chi connectivity index (χ2v) is 14.0. The summed E-state index contributed by atoms with van der Waals surface area (Å²) >= 11 is 6.12. The van der Waals surface area contributed by atoms with Crippen molar-refractivity contribution in [3.63, 3.8) is 0 Å². The largest absolute Gasteiger partial charge is 0.493 e. The lowest BCUT2D eigenvalue weighted by Gasteiger charge is -2.47. The number of tetrazole rings is 1. The van der Waals surface area contributed by atoms with Crippen LogP contribution in [0.15, 0.2) is 67.0 Å². The minimum atomic E-state index is -1.12. The molecule has 0 radical (unpaired) electrons. The number of carbonyl (C=O) groups is 3. The quantitative estimate of drug-likeness (QED) is 0.194. The van der Waals surface area contributed by atoms with Gasteiger partial charge in [0.05, 0.1) is 22.9 Å². The molecule has 2 amide bonds. The van der Waals surface area contributed by atoms with Crippen LogP contribution in [-0.2, 0) is 16.0 Å². The molecule has 1 aromatic heterocycles. The van der Waals surface area contributed by atoms with E-state index in [2.05, 4.69) is 32.8 Å². The molecule has 1 fully saturated rings. The van der Waals surface area contributed by atoms with Crippen LogP contribution in [0.5, 0.6) is 5.75 Å². The number of carboxylic acids is 1. The molecule has 0 bridgehead atoms. The number of carboxylic acid groups (broad SMARTS) is 1. The molecule has 12 nitrogen and oxygen atoms in total. The van der Waals surface area contributed by atoms with Crippen LogP contribution in [0.4, 0.5) is 10.1 Å². The lowest BCUT2D eigenvalue weighted by atomic mass is 9.80. The Morgan fingerprint density at radius 3 is 2.53 bits per heavy atom. The molecule has 1 atom stereocenters. The van der Waals surface area contributed by atoms with Gasteiger partial charge in [0.25, 0.3) is 5.91 Å². The van der Waals surface area contributed by atoms with Crippen molar-refractivity contribution in [1.29, 1.82) is 0 Å². The predicted octanol–water partition coefficient (Wildman–Crippen LogP) is 5.82. The Bertz CT molecular complexity index is 1940. The first-order chi connectivity index (χ1) is 24.4. The van der Waals surface area contributed by atoms with Gasteiger partial charge in [0.1, 0.15) is 18.1 Å². The number of carbonyl (C=O) groups excluding carboxylic acids is 2. The second-order valence-electron chi connectivity index (χ2n) is 13.6. The van der Waals surface area contributed by atoms with Crippen molar-refractivity contribution >= 4 is 41.1 Å². The Kier molecular flexibility index (Phi) is 10.5. The zero-order valence-corrected chi connectivity index (χ0v) is 29.3. The van der Waals surface area contributed by atoms with Crippen LogP contribution in [-0.4, -0.2) is 85.2 Å². The maximum absolute atomic E-state index is 15.4. The van der Waals surface area contributed by atoms with E-state index >= 15 is 4.39 Å². The van der Waals surface area contributed by atoms with E-state index in [1.807, 2.05) is 32.0 Å². The number of anilines is 1. The fourth-order valence-electron chi connectivity index (χ4n) is 6.87. The number of hydrogen-bond acceptors (Lipinski definition) is 8. The molecule has 14 heteroatoms. The normalized spacial score (nSPS) is 17.7. The van der Waals surface area contributed by atoms with Gasteiger partial charge >= 0.3 is 5.97 Å². The van der Waals surface area contributed by atoms with E-state index in [9.17, 15) is 19.5 Å². The van der Waals surface area contributed by atoms with Gasteiger partial charge < -0.3 is 25.0 Å². The summed E-state index contributed by atoms with van der Waals surface area (Å²) in [5, 5.41) is 23.2. The fourth-order valence-corrected chi connectivity index (χ4v) is 7.03. The summed E-state index contributed by atoms with van der Waals surface area (Å²) in [5.41, 5.74) is 1.17. The zero-order valence-electron chi connectivity index (χ0n) is 28.6. The monoisotopic (exact) mass is 715 g/mol. The Hall–Kier alpha value is -5.14. The number of fused-ring (bicyclic) bond motifs is 1. The Morgan fingerprint density at radius 1 is 1.10 bits per heavy atom. The molecular weight excluding hydrogens is 677 g/mol. The molecule has 51 heavy (non-hydrogen) atoms. The maximum Gasteiger partial charge on any atom is 0.335 e. The van der Waals surface area contributed by atoms with Gasteiger partial charge in [-0.1, -0.05) is 23.7 Å². The van der Waals surface area contributed by atoms with Gasteiger partial charge in [-0.25, -0.2) is 9.18 Å². The van der Waals surface area contributed by atoms with Crippen LogP contribution in [0.25, 0.3) is 11.8 Å². The molecule has 0 spiro atoms. The average Bonchev–Trinajstić information content (AvgIpc) is 3.64. The molecule has 2 N–H and O–H groups in total. The molecule has 1 saturated heterocycles. The van der Waals surface area contributed by atoms with E-state index in [0.717, 1.165) is 37.9 Å². The van der Waals surface area contributed by atoms with Gasteiger partial charge in [0, 0.05) is 28.4 Å². The number of ether oxygens (including phenoxy) is 1. The summed E-state index contributed by atoms with van der Waals surface area (Å²) in [6.45, 7) is 6.39. The van der Waals surface area contributed by atoms with Gasteiger partial charge in [-0.3, -0.25) is 9.59 Å². The van der Waals surface area contributed by atoms with E-state index in [4.69, 9.17) is 16.3 Å². The minimum Gasteiger partial charge on any atom is -0.493 e. The third-order valence-electron chi connectivity index (χ3n) is 9.59. The SMILES string of the molecule is CN1CCC(CCOc2cccc3c2CC(C)(C)N(C(=O)C=Cc2c(-n4cnnn4)ccc(Cl)c2F)C3C(=O)Nc2ccc(C(=O)O)cc2)CC1. The number of nitrogens with zero attached hydrogens (tertiary/aromatic N) is 6. The smallest absolute Gasteiger partial charge is 0.335 e. The molecule has 0 aliphatic carbocycles. The molecule has 266 valence electrons. The van der Waals surface area contributed by atoms with Crippen molar-refractivity contribution in [2.45, 2.75) is 51.1 Å². The summed E-state index contributed by atoms with van der Waals surface area (Å²) in [6, 6.07) is 13.1. The Morgan fingerprint density at radius 2 is 1.84 bits per heavy atom. The molecule has 6 rings (SSSR count). The van der Waals surface area contributed by atoms with Crippen LogP contribution >= 0.6 is 11.6 Å². The predicted molar refractivity (Wildman–Crippen MR) is 189 cm³/mol. The molecule has 4 aromatic rings. The van der Waals surface area contributed by atoms with Gasteiger partial charge in [0.15, 0.2) is 5.82 Å². The van der Waals surface area contributed by atoms with Gasteiger partial charge in [0.2, 0.25) is 5.91 Å². The number of nitrogens with one attached hydrogen (secondary N) is 1. The number of aromatic nitrogens is 4. The highest BCUT2D eigenvalue weighted by Crippen LogP contribution is 2.43. The van der Waals surface area contributed by atoms with Gasteiger partial charge in [-0.15, -0.1) is 5.10 Å². The highest BCUT2D eigenvalue weighted by atomic mass is 35.5. The molecule has 1 unspecified atom stereocenters.